The normalized spacial score (nSPS) is 16.3. The minimum absolute atomic E-state index is 0.275. The molecular formula is C6H10BNO3. The van der Waals surface area contributed by atoms with Crippen molar-refractivity contribution in [2.45, 2.75) is 12.5 Å². The summed E-state index contributed by atoms with van der Waals surface area (Å²) < 4.78 is 4.49. The number of nitrogens with two attached hydrogens (primary N) is 1. The first-order valence-electron chi connectivity index (χ1n) is 3.12. The first kappa shape index (κ1) is 10.2. The number of hydrogen-bond donors (Lipinski definition) is 2. The van der Waals surface area contributed by atoms with E-state index in [0.29, 0.717) is 0 Å². The summed E-state index contributed by atoms with van der Waals surface area (Å²) in [6.45, 7) is 1.94. The van der Waals surface area contributed by atoms with E-state index in [4.69, 9.17) is 18.7 Å². The van der Waals surface area contributed by atoms with Crippen LogP contribution >= 0.6 is 0 Å². The molecule has 0 heterocycles. The van der Waals surface area contributed by atoms with Gasteiger partial charge in [-0.2, -0.15) is 0 Å². The Morgan fingerprint density at radius 3 is 2.82 bits per heavy atom. The van der Waals surface area contributed by atoms with Crippen LogP contribution in [0.15, 0.2) is 12.2 Å². The molecule has 0 saturated carbocycles. The Bertz CT molecular complexity index is 162. The fourth-order valence-electron chi connectivity index (χ4n) is 0.392. The van der Waals surface area contributed by atoms with Gasteiger partial charge in [-0.3, -0.25) is 0 Å². The second kappa shape index (κ2) is 4.15. The lowest BCUT2D eigenvalue weighted by Gasteiger charge is -2.10. The van der Waals surface area contributed by atoms with Crippen LogP contribution in [0, 0.1) is 0 Å². The van der Waals surface area contributed by atoms with E-state index in [9.17, 15) is 4.79 Å². The molecular weight excluding hydrogens is 145 g/mol. The van der Waals surface area contributed by atoms with Gasteiger partial charge in [0.1, 0.15) is 7.85 Å². The zero-order valence-corrected chi connectivity index (χ0v) is 6.28. The molecule has 0 bridgehead atoms. The summed E-state index contributed by atoms with van der Waals surface area (Å²) in [5, 5.41) is 8.70. The van der Waals surface area contributed by atoms with Gasteiger partial charge < -0.3 is 15.6 Å². The van der Waals surface area contributed by atoms with Crippen molar-refractivity contribution in [2.75, 3.05) is 6.61 Å². The SMILES string of the molecule is [B]C(N)(O)/C=C/C(=O)OCC. The molecule has 0 amide bonds. The number of rotatable bonds is 3. The number of carbonyl (C=O) groups is 1. The third-order valence-electron chi connectivity index (χ3n) is 0.773. The van der Waals surface area contributed by atoms with E-state index in [2.05, 4.69) is 4.74 Å². The standard InChI is InChI=1S/C6H10BNO3/c1-2-11-5(9)3-4-6(7,8)10/h3-4,10H,2,8H2,1H3/b4-3+. The molecule has 11 heavy (non-hydrogen) atoms. The van der Waals surface area contributed by atoms with Gasteiger partial charge in [0, 0.05) is 6.08 Å². The molecule has 0 aromatic rings. The lowest BCUT2D eigenvalue weighted by molar-refractivity contribution is -0.137. The van der Waals surface area contributed by atoms with Gasteiger partial charge in [-0.1, -0.05) is 0 Å². The molecule has 0 aliphatic heterocycles. The van der Waals surface area contributed by atoms with Gasteiger partial charge in [0.05, 0.1) is 12.2 Å². The van der Waals surface area contributed by atoms with Gasteiger partial charge in [-0.05, 0) is 13.0 Å². The van der Waals surface area contributed by atoms with E-state index < -0.39 is 11.6 Å². The molecule has 4 nitrogen and oxygen atoms in total. The quantitative estimate of drug-likeness (QED) is 0.234. The number of carbonyl (C=O) groups excluding carboxylic acids is 1. The van der Waals surface area contributed by atoms with Crippen LogP contribution < -0.4 is 5.73 Å². The minimum Gasteiger partial charge on any atom is -0.463 e. The molecule has 1 unspecified atom stereocenters. The molecule has 0 spiro atoms. The van der Waals surface area contributed by atoms with Crippen molar-refractivity contribution < 1.29 is 14.6 Å². The van der Waals surface area contributed by atoms with Crippen LogP contribution in [0.4, 0.5) is 0 Å². The Hall–Kier alpha value is -0.805. The Morgan fingerprint density at radius 2 is 2.45 bits per heavy atom. The van der Waals surface area contributed by atoms with E-state index in [-0.39, 0.29) is 6.61 Å². The molecule has 0 fully saturated rings. The van der Waals surface area contributed by atoms with Crippen LogP contribution in [0.2, 0.25) is 0 Å². The average molecular weight is 155 g/mol. The highest BCUT2D eigenvalue weighted by atomic mass is 16.5. The fourth-order valence-corrected chi connectivity index (χ4v) is 0.392. The topological polar surface area (TPSA) is 72.5 Å². The maximum atomic E-state index is 10.6. The smallest absolute Gasteiger partial charge is 0.330 e. The van der Waals surface area contributed by atoms with Crippen molar-refractivity contribution >= 4 is 13.8 Å². The van der Waals surface area contributed by atoms with E-state index in [0.717, 1.165) is 12.2 Å². The second-order valence-corrected chi connectivity index (χ2v) is 1.97. The Morgan fingerprint density at radius 1 is 1.91 bits per heavy atom. The lowest BCUT2D eigenvalue weighted by Crippen LogP contribution is -2.37. The van der Waals surface area contributed by atoms with Crippen molar-refractivity contribution in [1.82, 2.24) is 0 Å². The molecule has 60 valence electrons. The highest BCUT2D eigenvalue weighted by molar-refractivity contribution is 6.15. The molecule has 0 aromatic carbocycles. The molecule has 0 rings (SSSR count). The largest absolute Gasteiger partial charge is 0.463 e. The van der Waals surface area contributed by atoms with Gasteiger partial charge in [-0.15, -0.1) is 0 Å². The van der Waals surface area contributed by atoms with Crippen LogP contribution in [-0.2, 0) is 9.53 Å². The first-order valence-corrected chi connectivity index (χ1v) is 3.12. The minimum atomic E-state index is -1.95. The third-order valence-corrected chi connectivity index (χ3v) is 0.773. The average Bonchev–Trinajstić information content (AvgIpc) is 1.83. The number of hydrogen-bond acceptors (Lipinski definition) is 4. The summed E-state index contributed by atoms with van der Waals surface area (Å²) in [4.78, 5) is 10.6. The molecule has 0 saturated heterocycles. The number of ether oxygens (including phenoxy) is 1. The monoisotopic (exact) mass is 155 g/mol. The first-order chi connectivity index (χ1) is 4.95. The zero-order valence-electron chi connectivity index (χ0n) is 6.28. The van der Waals surface area contributed by atoms with Crippen LogP contribution in [0.5, 0.6) is 0 Å². The van der Waals surface area contributed by atoms with Gasteiger partial charge >= 0.3 is 5.97 Å². The third kappa shape index (κ3) is 7.09. The molecule has 0 aromatic heterocycles. The van der Waals surface area contributed by atoms with Gasteiger partial charge in [0.2, 0.25) is 0 Å². The Balaban J connectivity index is 3.83. The number of aliphatic hydroxyl groups is 1. The van der Waals surface area contributed by atoms with Crippen LogP contribution in [0.1, 0.15) is 6.92 Å². The molecule has 3 N–H and O–H groups in total. The van der Waals surface area contributed by atoms with Crippen molar-refractivity contribution in [3.63, 3.8) is 0 Å². The van der Waals surface area contributed by atoms with Crippen LogP contribution in [0.25, 0.3) is 0 Å². The molecule has 5 heteroatoms. The van der Waals surface area contributed by atoms with Gasteiger partial charge in [-0.25, -0.2) is 4.79 Å². The maximum absolute atomic E-state index is 10.6. The van der Waals surface area contributed by atoms with E-state index >= 15 is 0 Å². The predicted octanol–water partition coefficient (Wildman–Crippen LogP) is -1.12. The van der Waals surface area contributed by atoms with E-state index in [1.165, 1.54) is 0 Å². The molecule has 2 radical (unpaired) electrons. The van der Waals surface area contributed by atoms with Crippen LogP contribution in [-0.4, -0.2) is 31.2 Å². The Labute approximate surface area is 66.4 Å². The van der Waals surface area contributed by atoms with E-state index in [1.807, 2.05) is 0 Å². The molecule has 0 aliphatic carbocycles. The van der Waals surface area contributed by atoms with Crippen molar-refractivity contribution in [1.29, 1.82) is 0 Å². The molecule has 0 aliphatic rings. The molecule has 1 atom stereocenters. The fraction of sp³-hybridized carbons (Fsp3) is 0.500. The predicted molar refractivity (Wildman–Crippen MR) is 40.7 cm³/mol. The second-order valence-electron chi connectivity index (χ2n) is 1.97. The Kier molecular flexibility index (Phi) is 3.85. The highest BCUT2D eigenvalue weighted by Gasteiger charge is 2.07. The van der Waals surface area contributed by atoms with Gasteiger partial charge in [0.25, 0.3) is 0 Å². The van der Waals surface area contributed by atoms with E-state index in [1.54, 1.807) is 6.92 Å². The van der Waals surface area contributed by atoms with Crippen LogP contribution in [0.3, 0.4) is 0 Å². The summed E-state index contributed by atoms with van der Waals surface area (Å²) >= 11 is 0. The number of esters is 1. The lowest BCUT2D eigenvalue weighted by atomic mass is 9.92. The summed E-state index contributed by atoms with van der Waals surface area (Å²) in [5.41, 5.74) is 2.97. The zero-order chi connectivity index (χ0) is 8.91. The van der Waals surface area contributed by atoms with Crippen molar-refractivity contribution in [3.05, 3.63) is 12.2 Å². The summed E-state index contributed by atoms with van der Waals surface area (Å²) in [7, 11) is 4.92. The summed E-state index contributed by atoms with van der Waals surface area (Å²) in [6, 6.07) is 0. The summed E-state index contributed by atoms with van der Waals surface area (Å²) in [5.74, 6) is -0.582. The van der Waals surface area contributed by atoms with Crippen molar-refractivity contribution in [2.24, 2.45) is 5.73 Å². The van der Waals surface area contributed by atoms with Gasteiger partial charge in [0.15, 0.2) is 0 Å². The van der Waals surface area contributed by atoms with Crippen molar-refractivity contribution in [3.8, 4) is 0 Å². The highest BCUT2D eigenvalue weighted by Crippen LogP contribution is 1.90. The maximum Gasteiger partial charge on any atom is 0.330 e. The summed E-state index contributed by atoms with van der Waals surface area (Å²) in [6.07, 6.45) is 1.93.